The number of methoxy groups -OCH3 is 1. The monoisotopic (exact) mass is 153 g/mol. The molecule has 0 bridgehead atoms. The van der Waals surface area contributed by atoms with Gasteiger partial charge in [0.05, 0.1) is 0 Å². The van der Waals surface area contributed by atoms with Gasteiger partial charge >= 0.3 is 0 Å². The molecule has 0 aromatic heterocycles. The fourth-order valence-corrected chi connectivity index (χ4v) is 0.827. The summed E-state index contributed by atoms with van der Waals surface area (Å²) < 4.78 is 4.74. The molecule has 0 N–H and O–H groups in total. The molecule has 4 nitrogen and oxygen atoms in total. The van der Waals surface area contributed by atoms with E-state index in [4.69, 9.17) is 4.74 Å². The summed E-state index contributed by atoms with van der Waals surface area (Å²) in [4.78, 5) is 24.9. The van der Waals surface area contributed by atoms with E-state index in [1.807, 2.05) is 0 Å². The average Bonchev–Trinajstić information content (AvgIpc) is 2.04. The van der Waals surface area contributed by atoms with E-state index in [0.717, 1.165) is 0 Å². The van der Waals surface area contributed by atoms with Crippen molar-refractivity contribution in [1.29, 1.82) is 0 Å². The second kappa shape index (κ2) is 3.21. The first-order chi connectivity index (χ1) is 5.29. The van der Waals surface area contributed by atoms with Gasteiger partial charge in [-0.1, -0.05) is 0 Å². The van der Waals surface area contributed by atoms with Crippen LogP contribution >= 0.6 is 0 Å². The molecule has 1 aliphatic heterocycles. The van der Waals surface area contributed by atoms with Gasteiger partial charge in [0.15, 0.2) is 18.2 Å². The topological polar surface area (TPSA) is 55.7 Å². The quantitative estimate of drug-likeness (QED) is 0.513. The molecule has 0 aliphatic carbocycles. The van der Waals surface area contributed by atoms with Crippen molar-refractivity contribution < 1.29 is 14.3 Å². The van der Waals surface area contributed by atoms with Crippen LogP contribution in [0, 0.1) is 0 Å². The van der Waals surface area contributed by atoms with Crippen LogP contribution in [0.4, 0.5) is 0 Å². The van der Waals surface area contributed by atoms with Crippen molar-refractivity contribution >= 4 is 17.8 Å². The molecule has 0 aromatic rings. The van der Waals surface area contributed by atoms with Crippen LogP contribution in [-0.2, 0) is 14.3 Å². The van der Waals surface area contributed by atoms with Gasteiger partial charge in [-0.15, -0.1) is 0 Å². The Bertz CT molecular complexity index is 242. The highest BCUT2D eigenvalue weighted by atomic mass is 16.5. The standard InChI is InChI=1S/C7H7NO3/c1-11-7-5(4-9)8-3-2-6(7)10/h2-4,7H,1H3. The normalized spacial score (nSPS) is 23.2. The lowest BCUT2D eigenvalue weighted by Gasteiger charge is -2.12. The number of aldehydes is 1. The van der Waals surface area contributed by atoms with Gasteiger partial charge < -0.3 is 4.74 Å². The predicted octanol–water partition coefficient (Wildman–Crippen LogP) is -0.262. The molecule has 0 saturated heterocycles. The van der Waals surface area contributed by atoms with E-state index >= 15 is 0 Å². The molecule has 1 unspecified atom stereocenters. The maximum Gasteiger partial charge on any atom is 0.192 e. The lowest BCUT2D eigenvalue weighted by molar-refractivity contribution is -0.121. The molecular formula is C7H7NO3. The van der Waals surface area contributed by atoms with Crippen molar-refractivity contribution in [3.63, 3.8) is 0 Å². The number of nitrogens with zero attached hydrogens (tertiary/aromatic N) is 1. The fourth-order valence-electron chi connectivity index (χ4n) is 0.827. The molecule has 0 aromatic carbocycles. The lowest BCUT2D eigenvalue weighted by Crippen LogP contribution is -2.33. The molecule has 58 valence electrons. The van der Waals surface area contributed by atoms with Crippen LogP contribution in [0.5, 0.6) is 0 Å². The van der Waals surface area contributed by atoms with Crippen LogP contribution in [0.1, 0.15) is 0 Å². The van der Waals surface area contributed by atoms with E-state index in [2.05, 4.69) is 4.99 Å². The van der Waals surface area contributed by atoms with Crippen molar-refractivity contribution in [1.82, 2.24) is 0 Å². The Hall–Kier alpha value is -1.29. The van der Waals surface area contributed by atoms with Crippen molar-refractivity contribution in [2.45, 2.75) is 6.10 Å². The molecule has 0 amide bonds. The molecule has 1 heterocycles. The zero-order valence-corrected chi connectivity index (χ0v) is 5.98. The zero-order chi connectivity index (χ0) is 8.27. The number of ketones is 1. The van der Waals surface area contributed by atoms with Gasteiger partial charge in [-0.25, -0.2) is 0 Å². The largest absolute Gasteiger partial charge is 0.367 e. The third-order valence-corrected chi connectivity index (χ3v) is 1.35. The van der Waals surface area contributed by atoms with Crippen molar-refractivity contribution in [3.05, 3.63) is 12.3 Å². The van der Waals surface area contributed by atoms with Gasteiger partial charge in [-0.2, -0.15) is 0 Å². The van der Waals surface area contributed by atoms with E-state index in [9.17, 15) is 9.59 Å². The highest BCUT2D eigenvalue weighted by Gasteiger charge is 2.23. The first-order valence-corrected chi connectivity index (χ1v) is 3.05. The number of hydrogen-bond donors (Lipinski definition) is 0. The Morgan fingerprint density at radius 1 is 1.73 bits per heavy atom. The number of hydrogen-bond acceptors (Lipinski definition) is 4. The molecule has 11 heavy (non-hydrogen) atoms. The van der Waals surface area contributed by atoms with Crippen LogP contribution in [0.15, 0.2) is 17.3 Å². The van der Waals surface area contributed by atoms with Crippen LogP contribution in [0.25, 0.3) is 0 Å². The fraction of sp³-hybridized carbons (Fsp3) is 0.286. The first kappa shape index (κ1) is 7.81. The highest BCUT2D eigenvalue weighted by molar-refractivity contribution is 6.37. The molecule has 0 radical (unpaired) electrons. The van der Waals surface area contributed by atoms with Crippen molar-refractivity contribution in [2.24, 2.45) is 4.99 Å². The molecule has 0 saturated carbocycles. The Balaban J connectivity index is 2.89. The molecule has 0 fully saturated rings. The minimum absolute atomic E-state index is 0.125. The Morgan fingerprint density at radius 2 is 2.45 bits per heavy atom. The van der Waals surface area contributed by atoms with Gasteiger partial charge in [0.25, 0.3) is 0 Å². The summed E-state index contributed by atoms with van der Waals surface area (Å²) in [5.74, 6) is -0.246. The van der Waals surface area contributed by atoms with Gasteiger partial charge in [-0.3, -0.25) is 14.6 Å². The van der Waals surface area contributed by atoms with E-state index in [-0.39, 0.29) is 11.5 Å². The summed E-state index contributed by atoms with van der Waals surface area (Å²) in [6.07, 6.45) is 2.29. The van der Waals surface area contributed by atoms with E-state index in [1.54, 1.807) is 0 Å². The minimum atomic E-state index is -0.808. The highest BCUT2D eigenvalue weighted by Crippen LogP contribution is 2.02. The molecule has 0 spiro atoms. The second-order valence-corrected chi connectivity index (χ2v) is 2.01. The van der Waals surface area contributed by atoms with Gasteiger partial charge in [0, 0.05) is 19.4 Å². The molecule has 1 aliphatic rings. The third-order valence-electron chi connectivity index (χ3n) is 1.35. The third kappa shape index (κ3) is 1.40. The average molecular weight is 153 g/mol. The van der Waals surface area contributed by atoms with Crippen LogP contribution in [0.3, 0.4) is 0 Å². The van der Waals surface area contributed by atoms with Crippen molar-refractivity contribution in [2.75, 3.05) is 7.11 Å². The SMILES string of the molecule is COC1C(=O)C=CN=C1C=O. The number of carbonyl (C=O) groups excluding carboxylic acids is 2. The van der Waals surface area contributed by atoms with Crippen LogP contribution < -0.4 is 0 Å². The Morgan fingerprint density at radius 3 is 2.91 bits per heavy atom. The zero-order valence-electron chi connectivity index (χ0n) is 5.98. The number of rotatable bonds is 2. The second-order valence-electron chi connectivity index (χ2n) is 2.01. The van der Waals surface area contributed by atoms with Crippen molar-refractivity contribution in [3.8, 4) is 0 Å². The smallest absolute Gasteiger partial charge is 0.192 e. The van der Waals surface area contributed by atoms with Crippen LogP contribution in [0.2, 0.25) is 0 Å². The maximum absolute atomic E-state index is 10.9. The molecule has 4 heteroatoms. The number of ether oxygens (including phenoxy) is 1. The minimum Gasteiger partial charge on any atom is -0.367 e. The van der Waals surface area contributed by atoms with Gasteiger partial charge in [-0.05, 0) is 0 Å². The molecular weight excluding hydrogens is 146 g/mol. The summed E-state index contributed by atoms with van der Waals surface area (Å²) in [5.41, 5.74) is 0.125. The summed E-state index contributed by atoms with van der Waals surface area (Å²) >= 11 is 0. The summed E-state index contributed by atoms with van der Waals surface area (Å²) in [6.45, 7) is 0. The number of carbonyl (C=O) groups is 2. The number of aliphatic imine (C=N–C) groups is 1. The summed E-state index contributed by atoms with van der Waals surface area (Å²) in [7, 11) is 1.36. The van der Waals surface area contributed by atoms with E-state index in [0.29, 0.717) is 6.29 Å². The molecule has 1 rings (SSSR count). The summed E-state index contributed by atoms with van der Waals surface area (Å²) in [6, 6.07) is 0. The predicted molar refractivity (Wildman–Crippen MR) is 38.4 cm³/mol. The van der Waals surface area contributed by atoms with Gasteiger partial charge in [0.1, 0.15) is 5.71 Å². The van der Waals surface area contributed by atoms with E-state index < -0.39 is 6.10 Å². The summed E-state index contributed by atoms with van der Waals surface area (Å²) in [5, 5.41) is 0. The maximum atomic E-state index is 10.9. The lowest BCUT2D eigenvalue weighted by atomic mass is 10.1. The Labute approximate surface area is 63.6 Å². The van der Waals surface area contributed by atoms with Gasteiger partial charge in [0.2, 0.25) is 0 Å². The van der Waals surface area contributed by atoms with E-state index in [1.165, 1.54) is 19.4 Å². The molecule has 1 atom stereocenters. The Kier molecular flexibility index (Phi) is 2.28. The first-order valence-electron chi connectivity index (χ1n) is 3.05. The van der Waals surface area contributed by atoms with Crippen LogP contribution in [-0.4, -0.2) is 31.0 Å².